The summed E-state index contributed by atoms with van der Waals surface area (Å²) in [5.74, 6) is 0.425. The predicted octanol–water partition coefficient (Wildman–Crippen LogP) is 13.8. The molecule has 1 saturated carbocycles. The number of aryl methyl sites for hydroxylation is 6. The van der Waals surface area contributed by atoms with Crippen molar-refractivity contribution in [3.8, 4) is 33.4 Å². The minimum Gasteiger partial charge on any atom is -0.355 e. The second-order valence-corrected chi connectivity index (χ2v) is 17.4. The summed E-state index contributed by atoms with van der Waals surface area (Å²) in [6.45, 7) is 14.8. The normalized spacial score (nSPS) is 13.9. The number of carbonyl (C=O) groups is 1. The molecular weight excluding hydrogens is 717 g/mol. The first-order valence-electron chi connectivity index (χ1n) is 20.1. The van der Waals surface area contributed by atoms with E-state index < -0.39 is 0 Å². The van der Waals surface area contributed by atoms with Gasteiger partial charge in [0.15, 0.2) is 5.12 Å². The van der Waals surface area contributed by atoms with Gasteiger partial charge in [0.1, 0.15) is 0 Å². The number of benzene rings is 3. The van der Waals surface area contributed by atoms with Crippen LogP contribution in [0.1, 0.15) is 100 Å². The zero-order valence-corrected chi connectivity index (χ0v) is 34.7. The first-order valence-corrected chi connectivity index (χ1v) is 21.0. The third-order valence-electron chi connectivity index (χ3n) is 11.8. The van der Waals surface area contributed by atoms with E-state index in [1.165, 1.54) is 74.7 Å². The van der Waals surface area contributed by atoms with Gasteiger partial charge >= 0.3 is 0 Å². The van der Waals surface area contributed by atoms with Crippen molar-refractivity contribution >= 4 is 63.2 Å². The zero-order chi connectivity index (χ0) is 39.5. The van der Waals surface area contributed by atoms with E-state index in [9.17, 15) is 4.79 Å². The topological polar surface area (TPSA) is 74.4 Å². The standard InChI is InChI=1S/C51H48N4OS/c1-28-24-30(3)46(31(4)25-28)50-42-20-16-38(52-42)48(35-10-8-9-11-35)39-17-21-43(53-39)51(47-32(5)26-29(2)27-33(47)6)45-23-19-41(55-45)49(40-18-22-44(50)54-40)36-12-14-37(15-13-36)57-34(7)56/h12-27,35,52,55H,8-11H2,1-7H3. The van der Waals surface area contributed by atoms with Crippen molar-refractivity contribution in [1.29, 1.82) is 0 Å². The van der Waals surface area contributed by atoms with Gasteiger partial charge in [-0.25, -0.2) is 9.97 Å². The molecule has 0 amide bonds. The Balaban J connectivity index is 1.46. The van der Waals surface area contributed by atoms with E-state index in [0.717, 1.165) is 84.8 Å². The maximum absolute atomic E-state index is 12.0. The minimum atomic E-state index is 0.0655. The maximum Gasteiger partial charge on any atom is 0.190 e. The molecule has 3 aliphatic rings. The fraction of sp³-hybridized carbons (Fsp3) is 0.235. The summed E-state index contributed by atoms with van der Waals surface area (Å²) in [5, 5.41) is 0.0655. The van der Waals surface area contributed by atoms with Crippen LogP contribution in [0.25, 0.3) is 79.8 Å². The maximum atomic E-state index is 12.0. The molecule has 9 rings (SSSR count). The van der Waals surface area contributed by atoms with Crippen molar-refractivity contribution in [3.63, 3.8) is 0 Å². The molecule has 2 aliphatic heterocycles. The van der Waals surface area contributed by atoms with Gasteiger partial charge < -0.3 is 9.97 Å². The molecule has 5 nitrogen and oxygen atoms in total. The van der Waals surface area contributed by atoms with E-state index in [1.54, 1.807) is 6.92 Å². The molecule has 0 spiro atoms. The average molecular weight is 765 g/mol. The molecule has 5 heterocycles. The highest BCUT2D eigenvalue weighted by Gasteiger charge is 2.25. The molecule has 8 bridgehead atoms. The van der Waals surface area contributed by atoms with Crippen LogP contribution in [0.15, 0.2) is 77.7 Å². The van der Waals surface area contributed by atoms with Crippen LogP contribution < -0.4 is 0 Å². The third-order valence-corrected chi connectivity index (χ3v) is 12.6. The van der Waals surface area contributed by atoms with Crippen LogP contribution in [0.5, 0.6) is 0 Å². The van der Waals surface area contributed by atoms with Crippen LogP contribution in [0.2, 0.25) is 0 Å². The van der Waals surface area contributed by atoms with Crippen molar-refractivity contribution in [2.24, 2.45) is 0 Å². The quantitative estimate of drug-likeness (QED) is 0.171. The van der Waals surface area contributed by atoms with E-state index in [4.69, 9.17) is 9.97 Å². The van der Waals surface area contributed by atoms with Crippen molar-refractivity contribution < 1.29 is 4.79 Å². The highest BCUT2D eigenvalue weighted by atomic mass is 32.2. The molecule has 1 aliphatic carbocycles. The molecule has 0 unspecified atom stereocenters. The lowest BCUT2D eigenvalue weighted by Crippen LogP contribution is -1.98. The molecule has 284 valence electrons. The number of nitrogens with zero attached hydrogens (tertiary/aromatic N) is 2. The Morgan fingerprint density at radius 2 is 0.965 bits per heavy atom. The Labute approximate surface area is 339 Å². The van der Waals surface area contributed by atoms with Gasteiger partial charge in [-0.05, 0) is 160 Å². The van der Waals surface area contributed by atoms with E-state index in [-0.39, 0.29) is 5.12 Å². The average Bonchev–Trinajstić information content (AvgIpc) is 4.01. The van der Waals surface area contributed by atoms with Gasteiger partial charge in [0, 0.05) is 56.1 Å². The molecule has 6 heteroatoms. The summed E-state index contributed by atoms with van der Waals surface area (Å²) in [5.41, 5.74) is 23.2. The number of hydrogen-bond donors (Lipinski definition) is 2. The van der Waals surface area contributed by atoms with Crippen LogP contribution in [-0.4, -0.2) is 25.1 Å². The highest BCUT2D eigenvalue weighted by Crippen LogP contribution is 2.43. The van der Waals surface area contributed by atoms with Crippen molar-refractivity contribution in [2.45, 2.75) is 85.0 Å². The van der Waals surface area contributed by atoms with E-state index in [2.05, 4.69) is 136 Å². The summed E-state index contributed by atoms with van der Waals surface area (Å²) >= 11 is 1.25. The van der Waals surface area contributed by atoms with Gasteiger partial charge in [0.25, 0.3) is 0 Å². The molecular formula is C51H48N4OS. The number of rotatable bonds is 5. The lowest BCUT2D eigenvalue weighted by Gasteiger charge is -2.14. The molecule has 0 saturated heterocycles. The Kier molecular flexibility index (Phi) is 9.48. The van der Waals surface area contributed by atoms with Crippen LogP contribution in [0, 0.1) is 41.5 Å². The zero-order valence-electron chi connectivity index (χ0n) is 33.9. The Morgan fingerprint density at radius 3 is 1.47 bits per heavy atom. The first-order chi connectivity index (χ1) is 27.5. The molecule has 3 aromatic heterocycles. The monoisotopic (exact) mass is 764 g/mol. The van der Waals surface area contributed by atoms with Gasteiger partial charge in [-0.2, -0.15) is 0 Å². The van der Waals surface area contributed by atoms with Crippen molar-refractivity contribution in [1.82, 2.24) is 19.9 Å². The number of fused-ring (bicyclic) bond motifs is 8. The molecule has 3 aromatic carbocycles. The summed E-state index contributed by atoms with van der Waals surface area (Å²) in [7, 11) is 0. The molecule has 6 aromatic rings. The first kappa shape index (κ1) is 36.9. The largest absolute Gasteiger partial charge is 0.355 e. The second-order valence-electron chi connectivity index (χ2n) is 16.2. The van der Waals surface area contributed by atoms with E-state index >= 15 is 0 Å². The lowest BCUT2D eigenvalue weighted by atomic mass is 9.92. The number of thioether (sulfide) groups is 1. The molecule has 1 fully saturated rings. The third kappa shape index (κ3) is 6.80. The van der Waals surface area contributed by atoms with Crippen LogP contribution in [-0.2, 0) is 4.79 Å². The van der Waals surface area contributed by atoms with Crippen LogP contribution in [0.4, 0.5) is 0 Å². The highest BCUT2D eigenvalue weighted by molar-refractivity contribution is 8.13. The fourth-order valence-corrected chi connectivity index (χ4v) is 10.3. The van der Waals surface area contributed by atoms with E-state index in [1.807, 2.05) is 12.1 Å². The molecule has 0 radical (unpaired) electrons. The minimum absolute atomic E-state index is 0.0655. The van der Waals surface area contributed by atoms with Crippen LogP contribution >= 0.6 is 11.8 Å². The molecule has 0 atom stereocenters. The molecule has 2 N–H and O–H groups in total. The van der Waals surface area contributed by atoms with Crippen molar-refractivity contribution in [2.75, 3.05) is 0 Å². The van der Waals surface area contributed by atoms with Crippen LogP contribution in [0.3, 0.4) is 0 Å². The van der Waals surface area contributed by atoms with E-state index in [0.29, 0.717) is 5.92 Å². The van der Waals surface area contributed by atoms with Gasteiger partial charge in [-0.3, -0.25) is 4.79 Å². The lowest BCUT2D eigenvalue weighted by molar-refractivity contribution is -0.109. The number of H-pyrrole nitrogens is 2. The van der Waals surface area contributed by atoms with Crippen molar-refractivity contribution in [3.05, 3.63) is 135 Å². The van der Waals surface area contributed by atoms with Gasteiger partial charge in [0.05, 0.1) is 22.8 Å². The molecule has 57 heavy (non-hydrogen) atoms. The SMILES string of the molecule is CC(=O)Sc1ccc(-c2c3nc(c(-c4c(C)cc(C)cc4C)c4ccc([nH]4)c(C4CCCC4)c4nc(c(-c5c(C)cc(C)cc5C)c5ccc2[nH]5)C=C4)C=C3)cc1. The summed E-state index contributed by atoms with van der Waals surface area (Å²) in [6.07, 6.45) is 13.6. The Hall–Kier alpha value is -5.72. The number of aromatic amines is 2. The number of hydrogen-bond acceptors (Lipinski definition) is 4. The fourth-order valence-electron chi connectivity index (χ4n) is 9.71. The smallest absolute Gasteiger partial charge is 0.190 e. The number of nitrogens with one attached hydrogen (secondary N) is 2. The summed E-state index contributed by atoms with van der Waals surface area (Å²) in [6, 6.07) is 26.3. The number of aromatic nitrogens is 4. The second kappa shape index (κ2) is 14.7. The van der Waals surface area contributed by atoms with Gasteiger partial charge in [-0.15, -0.1) is 0 Å². The van der Waals surface area contributed by atoms with Gasteiger partial charge in [-0.1, -0.05) is 72.1 Å². The Morgan fingerprint density at radius 1 is 0.544 bits per heavy atom. The number of carbonyl (C=O) groups excluding carboxylic acids is 1. The van der Waals surface area contributed by atoms with Gasteiger partial charge in [0.2, 0.25) is 0 Å². The summed E-state index contributed by atoms with van der Waals surface area (Å²) < 4.78 is 0. The summed E-state index contributed by atoms with van der Waals surface area (Å²) in [4.78, 5) is 31.9. The predicted molar refractivity (Wildman–Crippen MR) is 241 cm³/mol. The Bertz CT molecular complexity index is 2760.